The summed E-state index contributed by atoms with van der Waals surface area (Å²) in [5.41, 5.74) is 0. The van der Waals surface area contributed by atoms with Gasteiger partial charge in [0, 0.05) is 0 Å². The molecule has 0 fully saturated rings. The maximum Gasteiger partial charge on any atom is 0.0928 e. The van der Waals surface area contributed by atoms with Gasteiger partial charge in [-0.25, -0.2) is 0 Å². The van der Waals surface area contributed by atoms with E-state index in [4.69, 9.17) is 0 Å². The van der Waals surface area contributed by atoms with Gasteiger partial charge in [0.2, 0.25) is 0 Å². The molecular formula is C9H15F. The van der Waals surface area contributed by atoms with Gasteiger partial charge in [0.1, 0.15) is 0 Å². The lowest BCUT2D eigenvalue weighted by Gasteiger charge is -2.24. The van der Waals surface area contributed by atoms with E-state index in [1.165, 1.54) is 0 Å². The van der Waals surface area contributed by atoms with Crippen LogP contribution in [0.15, 0.2) is 12.2 Å². The van der Waals surface area contributed by atoms with Gasteiger partial charge in [0.25, 0.3) is 0 Å². The van der Waals surface area contributed by atoms with Crippen LogP contribution in [0.1, 0.15) is 26.2 Å². The van der Waals surface area contributed by atoms with Crippen LogP contribution in [-0.2, 0) is 0 Å². The lowest BCUT2D eigenvalue weighted by molar-refractivity contribution is 0.247. The Labute approximate surface area is 62.1 Å². The minimum atomic E-state index is -0.136. The topological polar surface area (TPSA) is 0 Å². The first-order valence-electron chi connectivity index (χ1n) is 4.09. The smallest absolute Gasteiger partial charge is 0.0928 e. The fraction of sp³-hybridized carbons (Fsp3) is 0.778. The van der Waals surface area contributed by atoms with Crippen molar-refractivity contribution < 1.29 is 4.39 Å². The molecule has 0 aromatic heterocycles. The number of rotatable bonds is 2. The van der Waals surface area contributed by atoms with Crippen LogP contribution in [0, 0.1) is 11.8 Å². The summed E-state index contributed by atoms with van der Waals surface area (Å²) in [6.07, 6.45) is 7.45. The van der Waals surface area contributed by atoms with E-state index in [1.54, 1.807) is 0 Å². The Morgan fingerprint density at radius 2 is 1.90 bits per heavy atom. The van der Waals surface area contributed by atoms with Gasteiger partial charge in [-0.2, -0.15) is 0 Å². The Kier molecular flexibility index (Phi) is 2.91. The van der Waals surface area contributed by atoms with Crippen molar-refractivity contribution in [1.29, 1.82) is 0 Å². The fourth-order valence-corrected chi connectivity index (χ4v) is 1.62. The normalized spacial score (nSPS) is 32.6. The third-order valence-electron chi connectivity index (χ3n) is 2.43. The molecule has 0 aromatic carbocycles. The standard InChI is InChI=1S/C9H15F/c1-2-8-5-3-4-6-9(8)7-10/h3-4,8-9H,2,5-7H2,1H3. The van der Waals surface area contributed by atoms with Crippen LogP contribution in [0.5, 0.6) is 0 Å². The van der Waals surface area contributed by atoms with E-state index in [1.807, 2.05) is 0 Å². The Hall–Kier alpha value is -0.330. The van der Waals surface area contributed by atoms with Crippen LogP contribution >= 0.6 is 0 Å². The van der Waals surface area contributed by atoms with E-state index >= 15 is 0 Å². The summed E-state index contributed by atoms with van der Waals surface area (Å²) < 4.78 is 12.3. The summed E-state index contributed by atoms with van der Waals surface area (Å²) >= 11 is 0. The number of halogens is 1. The SMILES string of the molecule is CCC1CC=CCC1CF. The highest BCUT2D eigenvalue weighted by molar-refractivity contribution is 4.93. The zero-order chi connectivity index (χ0) is 7.40. The molecular weight excluding hydrogens is 127 g/mol. The summed E-state index contributed by atoms with van der Waals surface area (Å²) in [6, 6.07) is 0. The minimum Gasteiger partial charge on any atom is -0.251 e. The molecule has 2 atom stereocenters. The molecule has 0 radical (unpaired) electrons. The van der Waals surface area contributed by atoms with E-state index in [9.17, 15) is 4.39 Å². The molecule has 0 spiro atoms. The Bertz CT molecular complexity index is 104. The number of hydrogen-bond acceptors (Lipinski definition) is 0. The second kappa shape index (κ2) is 3.75. The number of alkyl halides is 1. The van der Waals surface area contributed by atoms with Gasteiger partial charge >= 0.3 is 0 Å². The maximum atomic E-state index is 12.3. The zero-order valence-corrected chi connectivity index (χ0v) is 6.52. The average molecular weight is 142 g/mol. The fourth-order valence-electron chi connectivity index (χ4n) is 1.62. The minimum absolute atomic E-state index is 0.136. The largest absolute Gasteiger partial charge is 0.251 e. The number of allylic oxidation sites excluding steroid dienone is 2. The van der Waals surface area contributed by atoms with Crippen LogP contribution in [-0.4, -0.2) is 6.67 Å². The zero-order valence-electron chi connectivity index (χ0n) is 6.52. The maximum absolute atomic E-state index is 12.3. The highest BCUT2D eigenvalue weighted by Crippen LogP contribution is 2.27. The molecule has 0 bridgehead atoms. The Balaban J connectivity index is 2.45. The van der Waals surface area contributed by atoms with E-state index in [2.05, 4.69) is 19.1 Å². The predicted molar refractivity (Wildman–Crippen MR) is 41.6 cm³/mol. The van der Waals surface area contributed by atoms with Crippen molar-refractivity contribution in [2.45, 2.75) is 26.2 Å². The van der Waals surface area contributed by atoms with Crippen molar-refractivity contribution in [2.24, 2.45) is 11.8 Å². The quantitative estimate of drug-likeness (QED) is 0.520. The monoisotopic (exact) mass is 142 g/mol. The van der Waals surface area contributed by atoms with Gasteiger partial charge < -0.3 is 0 Å². The first-order chi connectivity index (χ1) is 4.88. The first-order valence-corrected chi connectivity index (χ1v) is 4.09. The van der Waals surface area contributed by atoms with Gasteiger partial charge in [-0.3, -0.25) is 4.39 Å². The summed E-state index contributed by atoms with van der Waals surface area (Å²) in [5.74, 6) is 0.921. The third-order valence-corrected chi connectivity index (χ3v) is 2.43. The Morgan fingerprint density at radius 1 is 1.30 bits per heavy atom. The van der Waals surface area contributed by atoms with Crippen LogP contribution in [0.4, 0.5) is 4.39 Å². The highest BCUT2D eigenvalue weighted by atomic mass is 19.1. The summed E-state index contributed by atoms with van der Waals surface area (Å²) in [4.78, 5) is 0. The van der Waals surface area contributed by atoms with Crippen LogP contribution in [0.2, 0.25) is 0 Å². The van der Waals surface area contributed by atoms with Gasteiger partial charge in [0.05, 0.1) is 6.67 Å². The van der Waals surface area contributed by atoms with Crippen molar-refractivity contribution in [3.05, 3.63) is 12.2 Å². The molecule has 58 valence electrons. The summed E-state index contributed by atoms with van der Waals surface area (Å²) in [5, 5.41) is 0. The molecule has 1 rings (SSSR count). The molecule has 1 aliphatic rings. The molecule has 10 heavy (non-hydrogen) atoms. The van der Waals surface area contributed by atoms with Gasteiger partial charge in [-0.05, 0) is 24.7 Å². The van der Waals surface area contributed by atoms with Crippen molar-refractivity contribution in [2.75, 3.05) is 6.67 Å². The van der Waals surface area contributed by atoms with E-state index < -0.39 is 0 Å². The van der Waals surface area contributed by atoms with Crippen molar-refractivity contribution in [1.82, 2.24) is 0 Å². The lowest BCUT2D eigenvalue weighted by Crippen LogP contribution is -2.17. The number of hydrogen-bond donors (Lipinski definition) is 0. The van der Waals surface area contributed by atoms with Crippen LogP contribution in [0.25, 0.3) is 0 Å². The molecule has 0 aromatic rings. The van der Waals surface area contributed by atoms with E-state index in [0.717, 1.165) is 19.3 Å². The van der Waals surface area contributed by atoms with Crippen LogP contribution in [0.3, 0.4) is 0 Å². The van der Waals surface area contributed by atoms with E-state index in [0.29, 0.717) is 11.8 Å². The molecule has 1 heteroatoms. The second-order valence-corrected chi connectivity index (χ2v) is 3.03. The molecule has 0 nitrogen and oxygen atoms in total. The molecule has 0 saturated carbocycles. The van der Waals surface area contributed by atoms with Crippen molar-refractivity contribution in [3.63, 3.8) is 0 Å². The molecule has 0 N–H and O–H groups in total. The van der Waals surface area contributed by atoms with Gasteiger partial charge in [-0.1, -0.05) is 25.5 Å². The summed E-state index contributed by atoms with van der Waals surface area (Å²) in [7, 11) is 0. The molecule has 0 amide bonds. The lowest BCUT2D eigenvalue weighted by atomic mass is 9.82. The Morgan fingerprint density at radius 3 is 2.30 bits per heavy atom. The molecule has 1 aliphatic carbocycles. The third kappa shape index (κ3) is 1.59. The second-order valence-electron chi connectivity index (χ2n) is 3.03. The van der Waals surface area contributed by atoms with Crippen molar-refractivity contribution in [3.8, 4) is 0 Å². The van der Waals surface area contributed by atoms with Crippen LogP contribution < -0.4 is 0 Å². The van der Waals surface area contributed by atoms with Gasteiger partial charge in [0.15, 0.2) is 0 Å². The molecule has 0 saturated heterocycles. The molecule has 0 heterocycles. The average Bonchev–Trinajstić information content (AvgIpc) is 2.04. The van der Waals surface area contributed by atoms with E-state index in [-0.39, 0.29) is 6.67 Å². The highest BCUT2D eigenvalue weighted by Gasteiger charge is 2.19. The summed E-state index contributed by atoms with van der Waals surface area (Å²) in [6.45, 7) is 2.01. The molecule has 0 aliphatic heterocycles. The first kappa shape index (κ1) is 7.77. The molecule has 2 unspecified atom stereocenters. The predicted octanol–water partition coefficient (Wildman–Crippen LogP) is 2.95. The van der Waals surface area contributed by atoms with Gasteiger partial charge in [-0.15, -0.1) is 0 Å². The van der Waals surface area contributed by atoms with Crippen molar-refractivity contribution >= 4 is 0 Å².